The molecule has 0 aliphatic carbocycles. The number of ether oxygens (including phenoxy) is 1. The molecule has 0 amide bonds. The number of hydrogen-bond donors (Lipinski definition) is 2. The molecule has 86 valence electrons. The van der Waals surface area contributed by atoms with Gasteiger partial charge in [-0.15, -0.1) is 0 Å². The van der Waals surface area contributed by atoms with Gasteiger partial charge in [-0.25, -0.2) is 0 Å². The average Bonchev–Trinajstić information content (AvgIpc) is 2.63. The summed E-state index contributed by atoms with van der Waals surface area (Å²) in [4.78, 5) is 0. The smallest absolute Gasteiger partial charge is 0.164 e. The van der Waals surface area contributed by atoms with Crippen LogP contribution in [0, 0.1) is 3.77 Å². The van der Waals surface area contributed by atoms with E-state index in [0.29, 0.717) is 13.2 Å². The van der Waals surface area contributed by atoms with E-state index in [1.54, 1.807) is 0 Å². The van der Waals surface area contributed by atoms with Crippen molar-refractivity contribution in [1.82, 2.24) is 5.32 Å². The second kappa shape index (κ2) is 8.09. The maximum atomic E-state index is 8.47. The maximum Gasteiger partial charge on any atom is 0.164 e. The summed E-state index contributed by atoms with van der Waals surface area (Å²) in [5, 5.41) is 11.7. The zero-order valence-corrected chi connectivity index (χ0v) is 10.7. The highest BCUT2D eigenvalue weighted by Gasteiger charge is 1.97. The zero-order chi connectivity index (χ0) is 10.9. The maximum absolute atomic E-state index is 8.47. The Hall–Kier alpha value is -0.110. The predicted molar refractivity (Wildman–Crippen MR) is 65.7 cm³/mol. The molecular formula is C10H16INO3. The fraction of sp³-hybridized carbons (Fsp3) is 0.600. The van der Waals surface area contributed by atoms with E-state index < -0.39 is 0 Å². The van der Waals surface area contributed by atoms with Crippen LogP contribution in [0.25, 0.3) is 0 Å². The first-order valence-electron chi connectivity index (χ1n) is 4.96. The van der Waals surface area contributed by atoms with Gasteiger partial charge in [0.2, 0.25) is 0 Å². The van der Waals surface area contributed by atoms with E-state index in [2.05, 4.69) is 27.9 Å². The molecular weight excluding hydrogens is 309 g/mol. The zero-order valence-electron chi connectivity index (χ0n) is 8.54. The van der Waals surface area contributed by atoms with Crippen LogP contribution in [0.1, 0.15) is 12.2 Å². The lowest BCUT2D eigenvalue weighted by molar-refractivity contribution is 0.0906. The van der Waals surface area contributed by atoms with Gasteiger partial charge in [-0.05, 0) is 47.7 Å². The lowest BCUT2D eigenvalue weighted by atomic mass is 10.4. The second-order valence-electron chi connectivity index (χ2n) is 3.07. The molecule has 5 heteroatoms. The fourth-order valence-corrected chi connectivity index (χ4v) is 1.59. The van der Waals surface area contributed by atoms with Crippen LogP contribution in [0.2, 0.25) is 0 Å². The van der Waals surface area contributed by atoms with Crippen molar-refractivity contribution in [3.8, 4) is 0 Å². The summed E-state index contributed by atoms with van der Waals surface area (Å²) in [6, 6.07) is 3.92. The van der Waals surface area contributed by atoms with Crippen LogP contribution >= 0.6 is 22.6 Å². The molecule has 0 atom stereocenters. The van der Waals surface area contributed by atoms with Crippen LogP contribution in [0.4, 0.5) is 0 Å². The highest BCUT2D eigenvalue weighted by atomic mass is 127. The van der Waals surface area contributed by atoms with Gasteiger partial charge in [0.1, 0.15) is 5.76 Å². The molecule has 0 saturated heterocycles. The first-order valence-corrected chi connectivity index (χ1v) is 6.04. The van der Waals surface area contributed by atoms with E-state index in [-0.39, 0.29) is 6.61 Å². The van der Waals surface area contributed by atoms with E-state index in [0.717, 1.165) is 29.0 Å². The van der Waals surface area contributed by atoms with Crippen molar-refractivity contribution < 1.29 is 14.3 Å². The Morgan fingerprint density at radius 3 is 2.93 bits per heavy atom. The monoisotopic (exact) mass is 325 g/mol. The van der Waals surface area contributed by atoms with Crippen molar-refractivity contribution in [1.29, 1.82) is 0 Å². The summed E-state index contributed by atoms with van der Waals surface area (Å²) in [5.74, 6) is 0.954. The van der Waals surface area contributed by atoms with Gasteiger partial charge in [-0.3, -0.25) is 0 Å². The van der Waals surface area contributed by atoms with Gasteiger partial charge in [0.15, 0.2) is 3.77 Å². The molecule has 0 bridgehead atoms. The largest absolute Gasteiger partial charge is 0.454 e. The van der Waals surface area contributed by atoms with Gasteiger partial charge in [0.05, 0.1) is 19.8 Å². The van der Waals surface area contributed by atoms with Crippen LogP contribution in [-0.4, -0.2) is 31.5 Å². The number of furan rings is 1. The van der Waals surface area contributed by atoms with Crippen molar-refractivity contribution >= 4 is 22.6 Å². The lowest BCUT2D eigenvalue weighted by Crippen LogP contribution is -2.16. The molecule has 0 aliphatic rings. The first kappa shape index (κ1) is 13.0. The normalized spacial score (nSPS) is 10.8. The molecule has 15 heavy (non-hydrogen) atoms. The van der Waals surface area contributed by atoms with E-state index >= 15 is 0 Å². The summed E-state index contributed by atoms with van der Waals surface area (Å²) in [6.45, 7) is 2.85. The van der Waals surface area contributed by atoms with Gasteiger partial charge < -0.3 is 19.6 Å². The van der Waals surface area contributed by atoms with Crippen molar-refractivity contribution in [3.05, 3.63) is 21.7 Å². The standard InChI is InChI=1S/C10H16INO3/c11-10-3-2-9(15-10)8-12-4-1-6-14-7-5-13/h2-3,12-13H,1,4-8H2. The minimum absolute atomic E-state index is 0.0955. The molecule has 1 rings (SSSR count). The van der Waals surface area contributed by atoms with Crippen LogP contribution in [0.15, 0.2) is 16.5 Å². The molecule has 0 spiro atoms. The van der Waals surface area contributed by atoms with Gasteiger partial charge in [-0.2, -0.15) is 0 Å². The van der Waals surface area contributed by atoms with Gasteiger partial charge in [-0.1, -0.05) is 0 Å². The number of nitrogens with one attached hydrogen (secondary N) is 1. The molecule has 4 nitrogen and oxygen atoms in total. The topological polar surface area (TPSA) is 54.6 Å². The third-order valence-electron chi connectivity index (χ3n) is 1.81. The third-order valence-corrected chi connectivity index (χ3v) is 2.39. The Morgan fingerprint density at radius 1 is 1.40 bits per heavy atom. The molecule has 1 aromatic rings. The third kappa shape index (κ3) is 6.14. The minimum Gasteiger partial charge on any atom is -0.454 e. The van der Waals surface area contributed by atoms with Gasteiger partial charge >= 0.3 is 0 Å². The Morgan fingerprint density at radius 2 is 2.27 bits per heavy atom. The first-order chi connectivity index (χ1) is 7.33. The Labute approximate surface area is 103 Å². The van der Waals surface area contributed by atoms with Crippen LogP contribution in [0.3, 0.4) is 0 Å². The average molecular weight is 325 g/mol. The van der Waals surface area contributed by atoms with E-state index in [1.807, 2.05) is 12.1 Å². The van der Waals surface area contributed by atoms with Crippen molar-refractivity contribution in [2.24, 2.45) is 0 Å². The molecule has 0 fully saturated rings. The number of halogens is 1. The van der Waals surface area contributed by atoms with Gasteiger partial charge in [0, 0.05) is 6.61 Å². The van der Waals surface area contributed by atoms with E-state index in [1.165, 1.54) is 0 Å². The summed E-state index contributed by atoms with van der Waals surface area (Å²) in [7, 11) is 0. The summed E-state index contributed by atoms with van der Waals surface area (Å²) in [5.41, 5.74) is 0. The molecule has 1 heterocycles. The number of aliphatic hydroxyl groups excluding tert-OH is 1. The summed E-state index contributed by atoms with van der Waals surface area (Å²) in [6.07, 6.45) is 0.942. The Bertz CT molecular complexity index is 265. The number of hydrogen-bond acceptors (Lipinski definition) is 4. The summed E-state index contributed by atoms with van der Waals surface area (Å²) >= 11 is 2.15. The number of rotatable bonds is 8. The molecule has 0 aromatic carbocycles. The highest BCUT2D eigenvalue weighted by Crippen LogP contribution is 2.09. The quantitative estimate of drug-likeness (QED) is 0.560. The Kier molecular flexibility index (Phi) is 6.99. The highest BCUT2D eigenvalue weighted by molar-refractivity contribution is 14.1. The molecule has 0 aliphatic heterocycles. The van der Waals surface area contributed by atoms with E-state index in [9.17, 15) is 0 Å². The van der Waals surface area contributed by atoms with E-state index in [4.69, 9.17) is 14.3 Å². The number of aliphatic hydroxyl groups is 1. The molecule has 0 saturated carbocycles. The second-order valence-corrected chi connectivity index (χ2v) is 4.14. The minimum atomic E-state index is 0.0955. The Balaban J connectivity index is 1.93. The van der Waals surface area contributed by atoms with Crippen molar-refractivity contribution in [2.45, 2.75) is 13.0 Å². The molecule has 0 unspecified atom stereocenters. The molecule has 2 N–H and O–H groups in total. The van der Waals surface area contributed by atoms with Gasteiger partial charge in [0.25, 0.3) is 0 Å². The van der Waals surface area contributed by atoms with Crippen LogP contribution < -0.4 is 5.32 Å². The van der Waals surface area contributed by atoms with Crippen molar-refractivity contribution in [3.63, 3.8) is 0 Å². The fourth-order valence-electron chi connectivity index (χ4n) is 1.12. The molecule has 0 radical (unpaired) electrons. The lowest BCUT2D eigenvalue weighted by Gasteiger charge is -2.03. The van der Waals surface area contributed by atoms with Crippen LogP contribution in [0.5, 0.6) is 0 Å². The molecule has 1 aromatic heterocycles. The predicted octanol–water partition coefficient (Wildman–Crippen LogP) is 1.37. The van der Waals surface area contributed by atoms with Crippen LogP contribution in [-0.2, 0) is 11.3 Å². The van der Waals surface area contributed by atoms with Crippen molar-refractivity contribution in [2.75, 3.05) is 26.4 Å². The summed E-state index contributed by atoms with van der Waals surface area (Å²) < 4.78 is 11.4. The SMILES string of the molecule is OCCOCCCNCc1ccc(I)o1.